The summed E-state index contributed by atoms with van der Waals surface area (Å²) in [4.78, 5) is 1.34. The van der Waals surface area contributed by atoms with Crippen LogP contribution < -0.4 is 5.32 Å². The van der Waals surface area contributed by atoms with Crippen LogP contribution in [0.25, 0.3) is 10.2 Å². The fourth-order valence-electron chi connectivity index (χ4n) is 1.40. The fourth-order valence-corrected chi connectivity index (χ4v) is 4.64. The van der Waals surface area contributed by atoms with Gasteiger partial charge >= 0.3 is 0 Å². The molecule has 0 aliphatic heterocycles. The SMILES string of the molecule is Brc1csc2c(NCc3cccs3)snc12. The lowest BCUT2D eigenvalue weighted by Gasteiger charge is -1.99. The molecular formula is C10H7BrN2S3. The van der Waals surface area contributed by atoms with Gasteiger partial charge in [-0.3, -0.25) is 0 Å². The maximum absolute atomic E-state index is 4.42. The lowest BCUT2D eigenvalue weighted by atomic mass is 10.4. The molecule has 1 N–H and O–H groups in total. The molecule has 16 heavy (non-hydrogen) atoms. The van der Waals surface area contributed by atoms with Gasteiger partial charge in [0.2, 0.25) is 0 Å². The largest absolute Gasteiger partial charge is 0.370 e. The van der Waals surface area contributed by atoms with Crippen LogP contribution in [0.15, 0.2) is 27.4 Å². The van der Waals surface area contributed by atoms with Crippen molar-refractivity contribution < 1.29 is 0 Å². The predicted octanol–water partition coefficient (Wildman–Crippen LogP) is 4.79. The van der Waals surface area contributed by atoms with Crippen molar-refractivity contribution in [2.24, 2.45) is 0 Å². The molecule has 2 nitrogen and oxygen atoms in total. The van der Waals surface area contributed by atoms with E-state index in [1.165, 1.54) is 26.1 Å². The molecule has 82 valence electrons. The highest BCUT2D eigenvalue weighted by atomic mass is 79.9. The Morgan fingerprint density at radius 2 is 2.31 bits per heavy atom. The lowest BCUT2D eigenvalue weighted by molar-refractivity contribution is 1.21. The molecule has 0 radical (unpaired) electrons. The predicted molar refractivity (Wildman–Crippen MR) is 76.8 cm³/mol. The first-order valence-corrected chi connectivity index (χ1v) is 7.96. The number of nitrogens with zero attached hydrogens (tertiary/aromatic N) is 1. The Balaban J connectivity index is 1.84. The normalized spacial score (nSPS) is 11.1. The average Bonchev–Trinajstić information content (AvgIpc) is 2.96. The van der Waals surface area contributed by atoms with Gasteiger partial charge < -0.3 is 5.32 Å². The van der Waals surface area contributed by atoms with Gasteiger partial charge in [-0.2, -0.15) is 4.37 Å². The number of rotatable bonds is 3. The average molecular weight is 331 g/mol. The zero-order valence-corrected chi connectivity index (χ0v) is 12.1. The molecule has 0 atom stereocenters. The number of halogens is 1. The summed E-state index contributed by atoms with van der Waals surface area (Å²) in [5.41, 5.74) is 1.07. The molecule has 0 amide bonds. The summed E-state index contributed by atoms with van der Waals surface area (Å²) < 4.78 is 6.76. The van der Waals surface area contributed by atoms with Crippen molar-refractivity contribution in [3.8, 4) is 0 Å². The van der Waals surface area contributed by atoms with Gasteiger partial charge in [-0.1, -0.05) is 6.07 Å². The Morgan fingerprint density at radius 3 is 3.12 bits per heavy atom. The summed E-state index contributed by atoms with van der Waals surface area (Å²) in [7, 11) is 0. The minimum Gasteiger partial charge on any atom is -0.370 e. The molecule has 0 spiro atoms. The maximum atomic E-state index is 4.42. The van der Waals surface area contributed by atoms with Crippen molar-refractivity contribution in [2.75, 3.05) is 5.32 Å². The van der Waals surface area contributed by atoms with Crippen LogP contribution in [0.5, 0.6) is 0 Å². The third-order valence-electron chi connectivity index (χ3n) is 2.16. The molecule has 0 unspecified atom stereocenters. The van der Waals surface area contributed by atoms with Crippen molar-refractivity contribution in [2.45, 2.75) is 6.54 Å². The smallest absolute Gasteiger partial charge is 0.127 e. The van der Waals surface area contributed by atoms with Gasteiger partial charge in [-0.15, -0.1) is 22.7 Å². The van der Waals surface area contributed by atoms with E-state index in [-0.39, 0.29) is 0 Å². The molecule has 0 aliphatic rings. The van der Waals surface area contributed by atoms with E-state index >= 15 is 0 Å². The van der Waals surface area contributed by atoms with E-state index in [0.29, 0.717) is 0 Å². The van der Waals surface area contributed by atoms with E-state index < -0.39 is 0 Å². The van der Waals surface area contributed by atoms with Crippen LogP contribution in [0.4, 0.5) is 5.00 Å². The number of thiophene rings is 2. The maximum Gasteiger partial charge on any atom is 0.127 e. The van der Waals surface area contributed by atoms with E-state index in [1.54, 1.807) is 22.7 Å². The van der Waals surface area contributed by atoms with E-state index in [1.807, 2.05) is 0 Å². The molecule has 3 rings (SSSR count). The monoisotopic (exact) mass is 330 g/mol. The fraction of sp³-hybridized carbons (Fsp3) is 0.100. The van der Waals surface area contributed by atoms with Crippen LogP contribution in [0, 0.1) is 0 Å². The van der Waals surface area contributed by atoms with Gasteiger partial charge in [0.1, 0.15) is 10.5 Å². The number of aromatic nitrogens is 1. The first kappa shape index (κ1) is 10.7. The number of nitrogens with one attached hydrogen (secondary N) is 1. The van der Waals surface area contributed by atoms with E-state index in [4.69, 9.17) is 0 Å². The summed E-state index contributed by atoms with van der Waals surface area (Å²) >= 11 is 8.53. The van der Waals surface area contributed by atoms with Crippen molar-refractivity contribution in [3.63, 3.8) is 0 Å². The summed E-state index contributed by atoms with van der Waals surface area (Å²) in [6.07, 6.45) is 0. The van der Waals surface area contributed by atoms with Crippen LogP contribution in [0.3, 0.4) is 0 Å². The number of hydrogen-bond acceptors (Lipinski definition) is 5. The van der Waals surface area contributed by atoms with Gasteiger partial charge in [-0.05, 0) is 38.9 Å². The highest BCUT2D eigenvalue weighted by Crippen LogP contribution is 2.37. The second kappa shape index (κ2) is 4.44. The molecule has 0 saturated carbocycles. The first-order chi connectivity index (χ1) is 7.84. The zero-order chi connectivity index (χ0) is 11.0. The molecule has 3 heterocycles. The van der Waals surface area contributed by atoms with Gasteiger partial charge in [-0.25, -0.2) is 0 Å². The van der Waals surface area contributed by atoms with E-state index in [9.17, 15) is 0 Å². The van der Waals surface area contributed by atoms with Crippen molar-refractivity contribution in [1.29, 1.82) is 0 Å². The quantitative estimate of drug-likeness (QED) is 0.746. The molecule has 6 heteroatoms. The zero-order valence-electron chi connectivity index (χ0n) is 8.07. The van der Waals surface area contributed by atoms with Crippen LogP contribution in [-0.4, -0.2) is 4.37 Å². The Morgan fingerprint density at radius 1 is 1.38 bits per heavy atom. The Hall–Kier alpha value is -0.430. The van der Waals surface area contributed by atoms with Gasteiger partial charge in [0.15, 0.2) is 0 Å². The van der Waals surface area contributed by atoms with Crippen LogP contribution >= 0.6 is 50.1 Å². The number of fused-ring (bicyclic) bond motifs is 1. The lowest BCUT2D eigenvalue weighted by Crippen LogP contribution is -1.94. The molecule has 3 aromatic rings. The molecule has 0 aromatic carbocycles. The van der Waals surface area contributed by atoms with Gasteiger partial charge in [0.05, 0.1) is 15.7 Å². The minimum absolute atomic E-state index is 0.879. The summed E-state index contributed by atoms with van der Waals surface area (Å²) in [6.45, 7) is 0.879. The van der Waals surface area contributed by atoms with Crippen molar-refractivity contribution >= 4 is 65.4 Å². The van der Waals surface area contributed by atoms with Gasteiger partial charge in [0.25, 0.3) is 0 Å². The molecule has 0 aliphatic carbocycles. The standard InChI is InChI=1S/C10H7BrN2S3/c11-7-5-15-9-8(7)13-16-10(9)12-4-6-2-1-3-14-6/h1-3,5,12H,4H2. The number of anilines is 1. The third-order valence-corrected chi connectivity index (χ3v) is 5.86. The van der Waals surface area contributed by atoms with Crippen LogP contribution in [0.2, 0.25) is 0 Å². The Labute approximate surface area is 113 Å². The molecule has 0 bridgehead atoms. The molecular weight excluding hydrogens is 324 g/mol. The van der Waals surface area contributed by atoms with Crippen molar-refractivity contribution in [3.05, 3.63) is 32.2 Å². The molecule has 0 saturated heterocycles. The highest BCUT2D eigenvalue weighted by Gasteiger charge is 2.10. The minimum atomic E-state index is 0.879. The van der Waals surface area contributed by atoms with E-state index in [0.717, 1.165) is 16.5 Å². The van der Waals surface area contributed by atoms with Crippen LogP contribution in [-0.2, 0) is 6.54 Å². The third kappa shape index (κ3) is 1.90. The van der Waals surface area contributed by atoms with E-state index in [2.05, 4.69) is 48.5 Å². The second-order valence-corrected chi connectivity index (χ2v) is 6.75. The topological polar surface area (TPSA) is 24.9 Å². The highest BCUT2D eigenvalue weighted by molar-refractivity contribution is 9.10. The molecule has 0 fully saturated rings. The second-order valence-electron chi connectivity index (χ2n) is 3.21. The molecule has 3 aromatic heterocycles. The Bertz CT molecular complexity index is 597. The first-order valence-electron chi connectivity index (χ1n) is 4.63. The summed E-state index contributed by atoms with van der Waals surface area (Å²) in [5.74, 6) is 0. The van der Waals surface area contributed by atoms with Gasteiger partial charge in [0, 0.05) is 10.3 Å². The number of hydrogen-bond donors (Lipinski definition) is 1. The Kier molecular flexibility index (Phi) is 2.97. The van der Waals surface area contributed by atoms with Crippen LogP contribution in [0.1, 0.15) is 4.88 Å². The summed E-state index contributed by atoms with van der Waals surface area (Å²) in [6, 6.07) is 4.21. The van der Waals surface area contributed by atoms with Crippen molar-refractivity contribution in [1.82, 2.24) is 4.37 Å². The summed E-state index contributed by atoms with van der Waals surface area (Å²) in [5, 5.41) is 8.79.